The average Bonchev–Trinajstić information content (AvgIpc) is 3.27. The Hall–Kier alpha value is -3.05. The summed E-state index contributed by atoms with van der Waals surface area (Å²) < 4.78 is 54.9. The van der Waals surface area contributed by atoms with Crippen LogP contribution < -0.4 is 9.47 Å². The lowest BCUT2D eigenvalue weighted by atomic mass is 9.98. The van der Waals surface area contributed by atoms with Gasteiger partial charge in [0, 0.05) is 29.2 Å². The minimum atomic E-state index is -3.50. The third-order valence-electron chi connectivity index (χ3n) is 6.10. The Morgan fingerprint density at radius 3 is 2.62 bits per heavy atom. The molecule has 37 heavy (non-hydrogen) atoms. The first-order valence-corrected chi connectivity index (χ1v) is 12.0. The van der Waals surface area contributed by atoms with Crippen LogP contribution in [0.5, 0.6) is 11.5 Å². The molecule has 3 atom stereocenters. The van der Waals surface area contributed by atoms with Gasteiger partial charge in [0.25, 0.3) is 0 Å². The highest BCUT2D eigenvalue weighted by Crippen LogP contribution is 2.48. The number of aliphatic hydroxyl groups is 1. The van der Waals surface area contributed by atoms with E-state index in [-0.39, 0.29) is 18.9 Å². The molecule has 0 aliphatic carbocycles. The van der Waals surface area contributed by atoms with Crippen molar-refractivity contribution in [2.24, 2.45) is 0 Å². The largest absolute Gasteiger partial charge is 0.493 e. The van der Waals surface area contributed by atoms with E-state index < -0.39 is 35.8 Å². The number of nitrogens with zero attached hydrogens (tertiary/aromatic N) is 3. The van der Waals surface area contributed by atoms with Gasteiger partial charge in [0.2, 0.25) is 5.82 Å². The summed E-state index contributed by atoms with van der Waals surface area (Å²) in [6.45, 7) is 6.64. The number of hydrogen-bond acceptors (Lipinski definition) is 7. The summed E-state index contributed by atoms with van der Waals surface area (Å²) in [5.41, 5.74) is 0.962. The number of fused-ring (bicyclic) bond motifs is 3. The molecule has 0 bridgehead atoms. The fourth-order valence-electron chi connectivity index (χ4n) is 4.34. The first-order valence-electron chi connectivity index (χ1n) is 11.6. The predicted molar refractivity (Wildman–Crippen MR) is 133 cm³/mol. The Balaban J connectivity index is 2.02. The van der Waals surface area contributed by atoms with Crippen molar-refractivity contribution >= 4 is 11.6 Å². The number of aromatic nitrogens is 3. The Labute approximate surface area is 218 Å². The van der Waals surface area contributed by atoms with Crippen LogP contribution in [0.3, 0.4) is 0 Å². The van der Waals surface area contributed by atoms with Crippen LogP contribution in [-0.2, 0) is 15.4 Å². The van der Waals surface area contributed by atoms with Crippen LogP contribution >= 0.6 is 11.6 Å². The van der Waals surface area contributed by atoms with Crippen LogP contribution in [0.15, 0.2) is 48.6 Å². The van der Waals surface area contributed by atoms with Gasteiger partial charge in [-0.15, -0.1) is 10.2 Å². The lowest BCUT2D eigenvalue weighted by Crippen LogP contribution is -2.23. The van der Waals surface area contributed by atoms with E-state index in [9.17, 15) is 5.11 Å². The van der Waals surface area contributed by atoms with Crippen LogP contribution in [0.4, 0.5) is 8.78 Å². The molecule has 8 nitrogen and oxygen atoms in total. The highest BCUT2D eigenvalue weighted by Gasteiger charge is 2.44. The van der Waals surface area contributed by atoms with Gasteiger partial charge in [-0.3, -0.25) is 4.57 Å². The van der Waals surface area contributed by atoms with Crippen LogP contribution in [0, 0.1) is 0 Å². The minimum Gasteiger partial charge on any atom is -0.493 e. The molecule has 0 saturated carbocycles. The van der Waals surface area contributed by atoms with E-state index in [0.717, 1.165) is 0 Å². The fraction of sp³-hybridized carbons (Fsp3) is 0.385. The smallest absolute Gasteiger partial charge is 0.327 e. The Morgan fingerprint density at radius 1 is 1.22 bits per heavy atom. The summed E-state index contributed by atoms with van der Waals surface area (Å²) in [5.74, 6) is -3.20. The third-order valence-corrected chi connectivity index (χ3v) is 6.33. The van der Waals surface area contributed by atoms with E-state index in [1.54, 1.807) is 43.3 Å². The van der Waals surface area contributed by atoms with Crippen LogP contribution in [-0.4, -0.2) is 47.0 Å². The summed E-state index contributed by atoms with van der Waals surface area (Å²) in [6, 6.07) is 10.1. The molecule has 1 N–H and O–H groups in total. The number of ether oxygens (including phenoxy) is 4. The number of aliphatic hydroxyl groups excluding tert-OH is 1. The van der Waals surface area contributed by atoms with Gasteiger partial charge in [0.05, 0.1) is 19.9 Å². The molecule has 11 heteroatoms. The van der Waals surface area contributed by atoms with E-state index in [4.69, 9.17) is 30.5 Å². The second kappa shape index (κ2) is 10.7. The first kappa shape index (κ1) is 27.0. The standard InChI is InChI=1S/C26H28ClF2N3O5/c1-6-36-21(33)13-20-24-30-31-25(26(28,29)14(2)3)32(24)18-11-10-15(27)12-17(18)22(37-20)16-8-7-9-19(34-4)23(16)35-5/h7-12,20-22,33H,2,6,13H2,1,3-5H3/t20-,21?,22?/m0/s1. The molecular formula is C26H28ClF2N3O5. The van der Waals surface area contributed by atoms with Crippen molar-refractivity contribution in [3.05, 3.63) is 76.3 Å². The van der Waals surface area contributed by atoms with Crippen molar-refractivity contribution in [1.82, 2.24) is 14.8 Å². The van der Waals surface area contributed by atoms with Crippen LogP contribution in [0.2, 0.25) is 5.02 Å². The summed E-state index contributed by atoms with van der Waals surface area (Å²) in [4.78, 5) is 0. The highest BCUT2D eigenvalue weighted by atomic mass is 35.5. The van der Waals surface area contributed by atoms with Gasteiger partial charge in [0.1, 0.15) is 12.2 Å². The summed E-state index contributed by atoms with van der Waals surface area (Å²) in [5, 5.41) is 18.8. The van der Waals surface area contributed by atoms with Crippen molar-refractivity contribution in [3.8, 4) is 17.2 Å². The summed E-state index contributed by atoms with van der Waals surface area (Å²) in [6.07, 6.45) is -3.22. The number of rotatable bonds is 9. The quantitative estimate of drug-likeness (QED) is 0.285. The molecule has 1 aromatic heterocycles. The van der Waals surface area contributed by atoms with Crippen molar-refractivity contribution in [2.45, 2.75) is 44.7 Å². The molecule has 2 heterocycles. The van der Waals surface area contributed by atoms with Crippen LogP contribution in [0.25, 0.3) is 5.69 Å². The average molecular weight is 536 g/mol. The molecule has 2 aromatic carbocycles. The van der Waals surface area contributed by atoms with Crippen molar-refractivity contribution < 1.29 is 32.8 Å². The normalized spacial score (nSPS) is 17.9. The predicted octanol–water partition coefficient (Wildman–Crippen LogP) is 5.51. The van der Waals surface area contributed by atoms with Gasteiger partial charge >= 0.3 is 5.92 Å². The number of halogens is 3. The summed E-state index contributed by atoms with van der Waals surface area (Å²) >= 11 is 6.38. The van der Waals surface area contributed by atoms with Crippen molar-refractivity contribution in [2.75, 3.05) is 20.8 Å². The molecule has 0 spiro atoms. The van der Waals surface area contributed by atoms with Gasteiger partial charge in [-0.25, -0.2) is 0 Å². The van der Waals surface area contributed by atoms with Gasteiger partial charge in [0.15, 0.2) is 23.6 Å². The summed E-state index contributed by atoms with van der Waals surface area (Å²) in [7, 11) is 3.00. The molecule has 0 fully saturated rings. The van der Waals surface area contributed by atoms with E-state index in [1.165, 1.54) is 25.7 Å². The zero-order chi connectivity index (χ0) is 26.9. The molecule has 0 saturated heterocycles. The second-order valence-electron chi connectivity index (χ2n) is 8.51. The maximum Gasteiger partial charge on any atom is 0.327 e. The highest BCUT2D eigenvalue weighted by molar-refractivity contribution is 6.30. The maximum absolute atomic E-state index is 15.4. The molecule has 198 valence electrons. The van der Waals surface area contributed by atoms with Gasteiger partial charge in [-0.05, 0) is 43.7 Å². The van der Waals surface area contributed by atoms with E-state index >= 15 is 8.78 Å². The third kappa shape index (κ3) is 4.94. The molecule has 4 rings (SSSR count). The van der Waals surface area contributed by atoms with E-state index in [0.29, 0.717) is 33.3 Å². The van der Waals surface area contributed by atoms with Gasteiger partial charge in [-0.1, -0.05) is 30.3 Å². The number of benzene rings is 2. The van der Waals surface area contributed by atoms with Crippen molar-refractivity contribution in [1.29, 1.82) is 0 Å². The molecular weight excluding hydrogens is 508 g/mol. The number of methoxy groups -OCH3 is 2. The molecule has 3 aromatic rings. The van der Waals surface area contributed by atoms with E-state index in [1.807, 2.05) is 0 Å². The Bertz CT molecular complexity index is 1300. The molecule has 0 radical (unpaired) electrons. The first-order chi connectivity index (χ1) is 17.6. The number of alkyl halides is 2. The number of allylic oxidation sites excluding steroid dienone is 1. The minimum absolute atomic E-state index is 0.0719. The zero-order valence-electron chi connectivity index (χ0n) is 20.9. The molecule has 1 aliphatic heterocycles. The Kier molecular flexibility index (Phi) is 7.84. The van der Waals surface area contributed by atoms with Gasteiger partial charge in [-0.2, -0.15) is 8.78 Å². The lowest BCUT2D eigenvalue weighted by molar-refractivity contribution is -0.132. The maximum atomic E-state index is 15.4. The molecule has 0 amide bonds. The van der Waals surface area contributed by atoms with Gasteiger partial charge < -0.3 is 24.1 Å². The molecule has 1 aliphatic rings. The fourth-order valence-corrected chi connectivity index (χ4v) is 4.52. The van der Waals surface area contributed by atoms with Crippen molar-refractivity contribution in [3.63, 3.8) is 0 Å². The topological polar surface area (TPSA) is 87.9 Å². The monoisotopic (exact) mass is 535 g/mol. The SMILES string of the molecule is C=C(C)C(F)(F)c1nnc2n1-c1ccc(Cl)cc1C(c1cccc(OC)c1OC)O[C@H]2CC(O)OCC. The lowest BCUT2D eigenvalue weighted by Gasteiger charge is -2.26. The zero-order valence-corrected chi connectivity index (χ0v) is 21.6. The molecule has 2 unspecified atom stereocenters. The number of para-hydroxylation sites is 1. The second-order valence-corrected chi connectivity index (χ2v) is 8.94. The number of hydrogen-bond donors (Lipinski definition) is 1. The van der Waals surface area contributed by atoms with Crippen LogP contribution in [0.1, 0.15) is 55.3 Å². The van der Waals surface area contributed by atoms with E-state index in [2.05, 4.69) is 16.8 Å². The Morgan fingerprint density at radius 2 is 1.97 bits per heavy atom.